The first-order chi connectivity index (χ1) is 12.6. The third-order valence-corrected chi connectivity index (χ3v) is 4.64. The molecule has 1 atom stereocenters. The lowest BCUT2D eigenvalue weighted by molar-refractivity contribution is 0.355. The molecule has 0 bridgehead atoms. The molecular formula is C18H15FN2O4S. The topological polar surface area (TPSA) is 81.5 Å². The third-order valence-electron chi connectivity index (χ3n) is 3.66. The molecule has 3 aromatic rings. The van der Waals surface area contributed by atoms with E-state index in [4.69, 9.17) is 19.6 Å². The molecule has 1 heterocycles. The van der Waals surface area contributed by atoms with Gasteiger partial charge < -0.3 is 14.2 Å². The molecule has 6 nitrogen and oxygen atoms in total. The molecule has 2 aromatic carbocycles. The van der Waals surface area contributed by atoms with Crippen molar-refractivity contribution in [1.29, 1.82) is 5.41 Å². The fourth-order valence-corrected chi connectivity index (χ4v) is 3.02. The monoisotopic (exact) mass is 374 g/mol. The highest BCUT2D eigenvalue weighted by Crippen LogP contribution is 2.37. The lowest BCUT2D eigenvalue weighted by atomic mass is 10.2. The Kier molecular flexibility index (Phi) is 5.13. The van der Waals surface area contributed by atoms with Crippen LogP contribution in [-0.2, 0) is 10.8 Å². The number of hydrogen-bond acceptors (Lipinski definition) is 6. The van der Waals surface area contributed by atoms with Gasteiger partial charge in [0, 0.05) is 23.7 Å². The third kappa shape index (κ3) is 3.36. The van der Waals surface area contributed by atoms with E-state index in [2.05, 4.69) is 4.98 Å². The summed E-state index contributed by atoms with van der Waals surface area (Å²) >= 11 is 0. The van der Waals surface area contributed by atoms with Gasteiger partial charge in [-0.1, -0.05) is 0 Å². The smallest absolute Gasteiger partial charge is 0.162 e. The zero-order valence-electron chi connectivity index (χ0n) is 14.0. The molecule has 0 aliphatic carbocycles. The second-order valence-corrected chi connectivity index (χ2v) is 6.41. The maximum atomic E-state index is 14.1. The maximum Gasteiger partial charge on any atom is 0.162 e. The molecule has 0 spiro atoms. The predicted octanol–water partition coefficient (Wildman–Crippen LogP) is 3.90. The number of pyridine rings is 1. The van der Waals surface area contributed by atoms with Gasteiger partial charge in [-0.25, -0.2) is 8.60 Å². The van der Waals surface area contributed by atoms with Gasteiger partial charge in [0.05, 0.1) is 41.0 Å². The number of aromatic nitrogens is 1. The molecule has 0 radical (unpaired) electrons. The van der Waals surface area contributed by atoms with Crippen molar-refractivity contribution < 1.29 is 22.8 Å². The van der Waals surface area contributed by atoms with Gasteiger partial charge in [0.1, 0.15) is 17.3 Å². The van der Waals surface area contributed by atoms with E-state index in [0.29, 0.717) is 33.7 Å². The minimum absolute atomic E-state index is 0.0710. The lowest BCUT2D eigenvalue weighted by Gasteiger charge is -2.12. The van der Waals surface area contributed by atoms with E-state index in [1.807, 2.05) is 0 Å². The molecule has 0 saturated carbocycles. The van der Waals surface area contributed by atoms with Gasteiger partial charge in [-0.3, -0.25) is 10.4 Å². The average Bonchev–Trinajstić information content (AvgIpc) is 2.66. The highest BCUT2D eigenvalue weighted by atomic mass is 32.2. The van der Waals surface area contributed by atoms with Crippen LogP contribution < -0.4 is 14.2 Å². The molecule has 1 unspecified atom stereocenters. The fraction of sp³-hybridized carbons (Fsp3) is 0.111. The highest BCUT2D eigenvalue weighted by Gasteiger charge is 2.13. The van der Waals surface area contributed by atoms with E-state index in [9.17, 15) is 8.60 Å². The molecular weight excluding hydrogens is 359 g/mol. The van der Waals surface area contributed by atoms with Crippen molar-refractivity contribution in [1.82, 2.24) is 4.98 Å². The lowest BCUT2D eigenvalue weighted by Crippen LogP contribution is -1.97. The quantitative estimate of drug-likeness (QED) is 0.523. The molecule has 3 rings (SSSR count). The highest BCUT2D eigenvalue weighted by molar-refractivity contribution is 7.98. The van der Waals surface area contributed by atoms with Gasteiger partial charge in [-0.2, -0.15) is 0 Å². The summed E-state index contributed by atoms with van der Waals surface area (Å²) in [5.74, 6) is 1.03. The van der Waals surface area contributed by atoms with Crippen molar-refractivity contribution >= 4 is 27.2 Å². The van der Waals surface area contributed by atoms with Crippen molar-refractivity contribution in [2.24, 2.45) is 0 Å². The van der Waals surface area contributed by atoms with Gasteiger partial charge in [0.2, 0.25) is 0 Å². The van der Waals surface area contributed by atoms with Crippen LogP contribution in [-0.4, -0.2) is 29.0 Å². The summed E-state index contributed by atoms with van der Waals surface area (Å²) in [6.07, 6.45) is 1.57. The van der Waals surface area contributed by atoms with Gasteiger partial charge >= 0.3 is 0 Å². The van der Waals surface area contributed by atoms with E-state index >= 15 is 0 Å². The van der Waals surface area contributed by atoms with Crippen LogP contribution >= 0.6 is 0 Å². The standard InChI is InChI=1S/C18H15FN2O4S/c1-23-16-8-12-14(9-17(16)24-2)21-6-5-15(12)25-11-3-4-18(13(19)7-11)26(22)10-20/h3-10,20H,1-2H3. The van der Waals surface area contributed by atoms with Crippen LogP contribution in [0.4, 0.5) is 4.39 Å². The number of hydrogen-bond donors (Lipinski definition) is 1. The zero-order valence-corrected chi connectivity index (χ0v) is 14.8. The number of methoxy groups -OCH3 is 2. The second-order valence-electron chi connectivity index (χ2n) is 5.14. The van der Waals surface area contributed by atoms with Gasteiger partial charge in [0.15, 0.2) is 11.5 Å². The van der Waals surface area contributed by atoms with E-state index in [1.54, 1.807) is 24.4 Å². The summed E-state index contributed by atoms with van der Waals surface area (Å²) in [6, 6.07) is 9.05. The minimum atomic E-state index is -1.82. The van der Waals surface area contributed by atoms with Crippen LogP contribution in [0.25, 0.3) is 10.9 Å². The van der Waals surface area contributed by atoms with Crippen LogP contribution in [0.2, 0.25) is 0 Å². The number of fused-ring (bicyclic) bond motifs is 1. The van der Waals surface area contributed by atoms with Gasteiger partial charge in [-0.05, 0) is 24.3 Å². The number of ether oxygens (including phenoxy) is 3. The summed E-state index contributed by atoms with van der Waals surface area (Å²) in [4.78, 5) is 4.21. The van der Waals surface area contributed by atoms with Crippen LogP contribution in [0.1, 0.15) is 0 Å². The Bertz CT molecular complexity index is 1010. The summed E-state index contributed by atoms with van der Waals surface area (Å²) in [5.41, 5.74) is 1.30. The number of benzene rings is 2. The summed E-state index contributed by atoms with van der Waals surface area (Å²) < 4.78 is 42.0. The van der Waals surface area contributed by atoms with E-state index in [0.717, 1.165) is 6.07 Å². The number of rotatable bonds is 6. The SMILES string of the molecule is COc1cc2nccc(Oc3ccc(S(=O)C=N)c(F)c3)c2cc1OC. The predicted molar refractivity (Wildman–Crippen MR) is 96.5 cm³/mol. The molecule has 1 aromatic heterocycles. The molecule has 0 fully saturated rings. The molecule has 8 heteroatoms. The Balaban J connectivity index is 2.02. The molecule has 134 valence electrons. The second kappa shape index (κ2) is 7.49. The Morgan fingerprint density at radius 2 is 1.81 bits per heavy atom. The Hall–Kier alpha value is -3.00. The van der Waals surface area contributed by atoms with Crippen molar-refractivity contribution in [3.05, 3.63) is 48.4 Å². The van der Waals surface area contributed by atoms with Crippen LogP contribution in [0, 0.1) is 11.2 Å². The van der Waals surface area contributed by atoms with Crippen molar-refractivity contribution in [2.75, 3.05) is 14.2 Å². The van der Waals surface area contributed by atoms with Crippen LogP contribution in [0.3, 0.4) is 0 Å². The first-order valence-corrected chi connectivity index (χ1v) is 8.68. The van der Waals surface area contributed by atoms with E-state index in [-0.39, 0.29) is 10.6 Å². The summed E-state index contributed by atoms with van der Waals surface area (Å²) in [6.45, 7) is 0. The first kappa shape index (κ1) is 17.8. The molecule has 0 aliphatic heterocycles. The molecule has 26 heavy (non-hydrogen) atoms. The largest absolute Gasteiger partial charge is 0.493 e. The number of halogens is 1. The number of nitrogens with zero attached hydrogens (tertiary/aromatic N) is 1. The molecule has 1 N–H and O–H groups in total. The minimum Gasteiger partial charge on any atom is -0.493 e. The first-order valence-electron chi connectivity index (χ1n) is 7.46. The van der Waals surface area contributed by atoms with Gasteiger partial charge in [-0.15, -0.1) is 0 Å². The maximum absolute atomic E-state index is 14.1. The van der Waals surface area contributed by atoms with Crippen LogP contribution in [0.5, 0.6) is 23.0 Å². The fourth-order valence-electron chi connectivity index (χ4n) is 2.44. The van der Waals surface area contributed by atoms with E-state index < -0.39 is 16.6 Å². The summed E-state index contributed by atoms with van der Waals surface area (Å²) in [5, 5.41) is 7.65. The molecule has 0 saturated heterocycles. The van der Waals surface area contributed by atoms with E-state index in [1.165, 1.54) is 26.4 Å². The average molecular weight is 374 g/mol. The summed E-state index contributed by atoms with van der Waals surface area (Å²) in [7, 11) is 1.24. The Morgan fingerprint density at radius 3 is 2.46 bits per heavy atom. The van der Waals surface area contributed by atoms with Crippen molar-refractivity contribution in [3.8, 4) is 23.0 Å². The van der Waals surface area contributed by atoms with Crippen molar-refractivity contribution in [3.63, 3.8) is 0 Å². The number of nitrogens with one attached hydrogen (secondary N) is 1. The Morgan fingerprint density at radius 1 is 1.08 bits per heavy atom. The van der Waals surface area contributed by atoms with Crippen LogP contribution in [0.15, 0.2) is 47.5 Å². The molecule has 0 amide bonds. The van der Waals surface area contributed by atoms with Crippen molar-refractivity contribution in [2.45, 2.75) is 4.90 Å². The normalized spacial score (nSPS) is 11.8. The molecule has 0 aliphatic rings. The van der Waals surface area contributed by atoms with Gasteiger partial charge in [0.25, 0.3) is 0 Å². The zero-order chi connectivity index (χ0) is 18.7. The Labute approximate surface area is 151 Å².